The van der Waals surface area contributed by atoms with Gasteiger partial charge in [0.15, 0.2) is 0 Å². The summed E-state index contributed by atoms with van der Waals surface area (Å²) in [6, 6.07) is 14.7. The van der Waals surface area contributed by atoms with Crippen LogP contribution in [0, 0.1) is 5.82 Å². The van der Waals surface area contributed by atoms with Crippen molar-refractivity contribution in [2.75, 3.05) is 19.7 Å². The van der Waals surface area contributed by atoms with Crippen molar-refractivity contribution < 1.29 is 13.9 Å². The lowest BCUT2D eigenvalue weighted by Gasteiger charge is -2.42. The van der Waals surface area contributed by atoms with Gasteiger partial charge >= 0.3 is 0 Å². The van der Waals surface area contributed by atoms with Gasteiger partial charge in [0.1, 0.15) is 11.6 Å². The van der Waals surface area contributed by atoms with Gasteiger partial charge in [-0.25, -0.2) is 4.39 Å². The zero-order valence-corrected chi connectivity index (χ0v) is 16.7. The van der Waals surface area contributed by atoms with E-state index in [-0.39, 0.29) is 11.7 Å². The molecule has 4 nitrogen and oxygen atoms in total. The Labute approximate surface area is 166 Å². The number of amides is 1. The van der Waals surface area contributed by atoms with Crippen molar-refractivity contribution in [1.29, 1.82) is 0 Å². The quantitative estimate of drug-likeness (QED) is 0.776. The fourth-order valence-electron chi connectivity index (χ4n) is 3.91. The standard InChI is InChI=1S/C23H29FN2O2/c1-3-16-28-22-7-5-4-6-19(22)17-26-14-12-23(13-15-26,25-18(2)27)20-8-10-21(24)11-9-20/h4-11H,3,12-17H2,1-2H3,(H,25,27). The van der Waals surface area contributed by atoms with Gasteiger partial charge in [0.25, 0.3) is 0 Å². The fourth-order valence-corrected chi connectivity index (χ4v) is 3.91. The molecule has 1 fully saturated rings. The minimum atomic E-state index is -0.436. The van der Waals surface area contributed by atoms with Crippen molar-refractivity contribution in [3.05, 3.63) is 65.5 Å². The van der Waals surface area contributed by atoms with Crippen molar-refractivity contribution >= 4 is 5.91 Å². The van der Waals surface area contributed by atoms with Crippen LogP contribution in [0.3, 0.4) is 0 Å². The Balaban J connectivity index is 1.71. The van der Waals surface area contributed by atoms with Crippen LogP contribution in [0.15, 0.2) is 48.5 Å². The molecule has 0 aromatic heterocycles. The molecular formula is C23H29FN2O2. The third-order valence-corrected chi connectivity index (χ3v) is 5.35. The number of para-hydroxylation sites is 1. The second-order valence-corrected chi connectivity index (χ2v) is 7.50. The molecule has 5 heteroatoms. The second kappa shape index (κ2) is 9.20. The monoisotopic (exact) mass is 384 g/mol. The van der Waals surface area contributed by atoms with Gasteiger partial charge in [0.05, 0.1) is 12.1 Å². The molecule has 0 spiro atoms. The van der Waals surface area contributed by atoms with Crippen LogP contribution in [-0.2, 0) is 16.9 Å². The summed E-state index contributed by atoms with van der Waals surface area (Å²) >= 11 is 0. The van der Waals surface area contributed by atoms with Gasteiger partial charge in [0, 0.05) is 32.1 Å². The molecule has 2 aromatic rings. The number of benzene rings is 2. The van der Waals surface area contributed by atoms with Crippen LogP contribution in [0.5, 0.6) is 5.75 Å². The average molecular weight is 384 g/mol. The third-order valence-electron chi connectivity index (χ3n) is 5.35. The zero-order chi connectivity index (χ0) is 20.0. The van der Waals surface area contributed by atoms with Crippen LogP contribution in [0.25, 0.3) is 0 Å². The van der Waals surface area contributed by atoms with E-state index in [1.807, 2.05) is 18.2 Å². The predicted octanol–water partition coefficient (Wildman–Crippen LogP) is 4.24. The van der Waals surface area contributed by atoms with E-state index in [1.165, 1.54) is 17.7 Å². The van der Waals surface area contributed by atoms with Crippen molar-refractivity contribution in [2.45, 2.75) is 45.2 Å². The highest BCUT2D eigenvalue weighted by atomic mass is 19.1. The maximum absolute atomic E-state index is 13.4. The Morgan fingerprint density at radius 3 is 2.46 bits per heavy atom. The Morgan fingerprint density at radius 1 is 1.14 bits per heavy atom. The van der Waals surface area contributed by atoms with Gasteiger partial charge in [-0.2, -0.15) is 0 Å². The summed E-state index contributed by atoms with van der Waals surface area (Å²) in [5.41, 5.74) is 1.72. The summed E-state index contributed by atoms with van der Waals surface area (Å²) in [6.45, 7) is 6.87. The summed E-state index contributed by atoms with van der Waals surface area (Å²) in [5, 5.41) is 3.14. The first-order chi connectivity index (χ1) is 13.5. The highest BCUT2D eigenvalue weighted by molar-refractivity contribution is 5.74. The molecule has 150 valence electrons. The molecule has 1 N–H and O–H groups in total. The molecule has 0 saturated carbocycles. The normalized spacial score (nSPS) is 16.5. The smallest absolute Gasteiger partial charge is 0.217 e. The van der Waals surface area contributed by atoms with Gasteiger partial charge in [-0.3, -0.25) is 9.69 Å². The van der Waals surface area contributed by atoms with Crippen LogP contribution in [0.2, 0.25) is 0 Å². The summed E-state index contributed by atoms with van der Waals surface area (Å²) in [4.78, 5) is 14.2. The van der Waals surface area contributed by atoms with E-state index in [1.54, 1.807) is 19.1 Å². The molecule has 28 heavy (non-hydrogen) atoms. The number of halogens is 1. The number of hydrogen-bond donors (Lipinski definition) is 1. The number of ether oxygens (including phenoxy) is 1. The molecule has 0 aliphatic carbocycles. The van der Waals surface area contributed by atoms with Crippen molar-refractivity contribution in [2.24, 2.45) is 0 Å². The number of nitrogens with one attached hydrogen (secondary N) is 1. The lowest BCUT2D eigenvalue weighted by Crippen LogP contribution is -2.52. The summed E-state index contributed by atoms with van der Waals surface area (Å²) in [6.07, 6.45) is 2.56. The molecule has 1 aliphatic heterocycles. The summed E-state index contributed by atoms with van der Waals surface area (Å²) < 4.78 is 19.2. The first-order valence-corrected chi connectivity index (χ1v) is 10.0. The number of hydrogen-bond acceptors (Lipinski definition) is 3. The van der Waals surface area contributed by atoms with Crippen LogP contribution in [0.1, 0.15) is 44.2 Å². The topological polar surface area (TPSA) is 41.6 Å². The highest BCUT2D eigenvalue weighted by Crippen LogP contribution is 2.34. The minimum Gasteiger partial charge on any atom is -0.493 e. The molecule has 0 atom stereocenters. The Bertz CT molecular complexity index is 783. The molecular weight excluding hydrogens is 355 g/mol. The molecule has 0 unspecified atom stereocenters. The van der Waals surface area contributed by atoms with Crippen molar-refractivity contribution in [3.63, 3.8) is 0 Å². The maximum atomic E-state index is 13.4. The van der Waals surface area contributed by atoms with E-state index in [0.717, 1.165) is 50.2 Å². The number of nitrogens with zero attached hydrogens (tertiary/aromatic N) is 1. The minimum absolute atomic E-state index is 0.0592. The number of rotatable bonds is 7. The number of piperidine rings is 1. The Kier molecular flexibility index (Phi) is 6.68. The van der Waals surface area contributed by atoms with E-state index in [4.69, 9.17) is 4.74 Å². The molecule has 0 bridgehead atoms. The zero-order valence-electron chi connectivity index (χ0n) is 16.7. The first-order valence-electron chi connectivity index (χ1n) is 10.0. The van der Waals surface area contributed by atoms with E-state index in [9.17, 15) is 9.18 Å². The van der Waals surface area contributed by atoms with Crippen molar-refractivity contribution in [1.82, 2.24) is 10.2 Å². The number of carbonyl (C=O) groups excluding carboxylic acids is 1. The van der Waals surface area contributed by atoms with E-state index >= 15 is 0 Å². The Morgan fingerprint density at radius 2 is 1.82 bits per heavy atom. The van der Waals surface area contributed by atoms with Gasteiger partial charge < -0.3 is 10.1 Å². The van der Waals surface area contributed by atoms with Crippen LogP contribution in [0.4, 0.5) is 4.39 Å². The van der Waals surface area contributed by atoms with Gasteiger partial charge in [-0.1, -0.05) is 37.3 Å². The molecule has 0 radical (unpaired) electrons. The lowest BCUT2D eigenvalue weighted by atomic mass is 9.80. The maximum Gasteiger partial charge on any atom is 0.217 e. The van der Waals surface area contributed by atoms with Crippen LogP contribution in [-0.4, -0.2) is 30.5 Å². The number of carbonyl (C=O) groups is 1. The molecule has 1 amide bonds. The summed E-state index contributed by atoms with van der Waals surface area (Å²) in [7, 11) is 0. The second-order valence-electron chi connectivity index (χ2n) is 7.50. The van der Waals surface area contributed by atoms with Gasteiger partial charge in [0.2, 0.25) is 5.91 Å². The SMILES string of the molecule is CCCOc1ccccc1CN1CCC(NC(C)=O)(c2ccc(F)cc2)CC1. The first kappa shape index (κ1) is 20.3. The molecule has 1 heterocycles. The van der Waals surface area contributed by atoms with Crippen LogP contribution < -0.4 is 10.1 Å². The molecule has 1 aliphatic rings. The largest absolute Gasteiger partial charge is 0.493 e. The Hall–Kier alpha value is -2.40. The highest BCUT2D eigenvalue weighted by Gasteiger charge is 2.37. The van der Waals surface area contributed by atoms with Gasteiger partial charge in [-0.05, 0) is 43.0 Å². The van der Waals surface area contributed by atoms with Crippen LogP contribution >= 0.6 is 0 Å². The fraction of sp³-hybridized carbons (Fsp3) is 0.435. The summed E-state index contributed by atoms with van der Waals surface area (Å²) in [5.74, 6) is 0.625. The average Bonchev–Trinajstić information content (AvgIpc) is 2.69. The van der Waals surface area contributed by atoms with E-state index in [0.29, 0.717) is 6.61 Å². The molecule has 3 rings (SSSR count). The molecule has 2 aromatic carbocycles. The molecule has 1 saturated heterocycles. The lowest BCUT2D eigenvalue weighted by molar-refractivity contribution is -0.121. The van der Waals surface area contributed by atoms with Gasteiger partial charge in [-0.15, -0.1) is 0 Å². The van der Waals surface area contributed by atoms with Crippen molar-refractivity contribution in [3.8, 4) is 5.75 Å². The predicted molar refractivity (Wildman–Crippen MR) is 109 cm³/mol. The third kappa shape index (κ3) is 4.90. The van der Waals surface area contributed by atoms with E-state index in [2.05, 4.69) is 23.2 Å². The number of likely N-dealkylation sites (tertiary alicyclic amines) is 1. The van der Waals surface area contributed by atoms with E-state index < -0.39 is 5.54 Å².